The first-order valence-corrected chi connectivity index (χ1v) is 7.17. The Hall–Kier alpha value is -1.27. The van der Waals surface area contributed by atoms with E-state index in [0.29, 0.717) is 0 Å². The van der Waals surface area contributed by atoms with Gasteiger partial charge in [-0.3, -0.25) is 0 Å². The molecule has 0 aliphatic rings. The van der Waals surface area contributed by atoms with Crippen LogP contribution in [0.5, 0.6) is 0 Å². The predicted octanol–water partition coefficient (Wildman–Crippen LogP) is 2.54. The molecule has 0 atom stereocenters. The smallest absolute Gasteiger partial charge is 0.160 e. The van der Waals surface area contributed by atoms with Gasteiger partial charge in [0.25, 0.3) is 0 Å². The molecule has 0 aliphatic heterocycles. The van der Waals surface area contributed by atoms with Gasteiger partial charge in [0.05, 0.1) is 0 Å². The zero-order valence-corrected chi connectivity index (χ0v) is 13.0. The summed E-state index contributed by atoms with van der Waals surface area (Å²) in [5.41, 5.74) is 1.11. The van der Waals surface area contributed by atoms with Crippen LogP contribution in [0.15, 0.2) is 16.7 Å². The van der Waals surface area contributed by atoms with Gasteiger partial charge < -0.3 is 5.32 Å². The number of hydrogen-bond acceptors (Lipinski definition) is 4. The van der Waals surface area contributed by atoms with Gasteiger partial charge in [0, 0.05) is 22.8 Å². The maximum Gasteiger partial charge on any atom is 0.160 e. The Labute approximate surface area is 121 Å². The van der Waals surface area contributed by atoms with Crippen molar-refractivity contribution in [3.8, 4) is 5.82 Å². The lowest BCUT2D eigenvalue weighted by atomic mass is 10.2. The number of hydrogen-bond donors (Lipinski definition) is 1. The number of rotatable bonds is 5. The lowest BCUT2D eigenvalue weighted by Crippen LogP contribution is -2.17. The molecule has 2 aromatic rings. The molecule has 1 N–H and O–H groups in total. The molecule has 2 heterocycles. The van der Waals surface area contributed by atoms with Gasteiger partial charge in [-0.15, -0.1) is 5.10 Å². The molecule has 2 aromatic heterocycles. The average molecular weight is 324 g/mol. The maximum absolute atomic E-state index is 4.47. The van der Waals surface area contributed by atoms with Gasteiger partial charge in [0.15, 0.2) is 5.82 Å². The molecule has 0 fully saturated rings. The van der Waals surface area contributed by atoms with Gasteiger partial charge in [-0.2, -0.15) is 4.68 Å². The minimum absolute atomic E-state index is 0.759. The van der Waals surface area contributed by atoms with Gasteiger partial charge >= 0.3 is 0 Å². The fourth-order valence-electron chi connectivity index (χ4n) is 1.92. The van der Waals surface area contributed by atoms with Crippen molar-refractivity contribution in [3.05, 3.63) is 33.9 Å². The first kappa shape index (κ1) is 14.1. The second kappa shape index (κ2) is 6.25. The highest BCUT2D eigenvalue weighted by Crippen LogP contribution is 2.18. The van der Waals surface area contributed by atoms with E-state index in [1.807, 2.05) is 13.8 Å². The highest BCUT2D eigenvalue weighted by Gasteiger charge is 2.11. The van der Waals surface area contributed by atoms with E-state index in [-0.39, 0.29) is 0 Å². The number of aromatic nitrogens is 4. The third-order valence-corrected chi connectivity index (χ3v) is 3.16. The fraction of sp³-hybridized carbons (Fsp3) is 0.462. The van der Waals surface area contributed by atoms with E-state index in [9.17, 15) is 0 Å². The molecule has 5 nitrogen and oxygen atoms in total. The lowest BCUT2D eigenvalue weighted by molar-refractivity contribution is 0.664. The van der Waals surface area contributed by atoms with Crippen LogP contribution in [0.25, 0.3) is 5.82 Å². The molecule has 0 unspecified atom stereocenters. The van der Waals surface area contributed by atoms with Crippen LogP contribution >= 0.6 is 15.9 Å². The number of nitrogens with one attached hydrogen (secondary N) is 1. The summed E-state index contributed by atoms with van der Waals surface area (Å²) in [4.78, 5) is 8.80. The molecule has 0 saturated carbocycles. The van der Waals surface area contributed by atoms with Crippen molar-refractivity contribution in [1.82, 2.24) is 25.1 Å². The number of nitrogens with zero attached hydrogens (tertiary/aromatic N) is 4. The fourth-order valence-corrected chi connectivity index (χ4v) is 2.29. The van der Waals surface area contributed by atoms with E-state index in [1.54, 1.807) is 10.9 Å². The van der Waals surface area contributed by atoms with Crippen molar-refractivity contribution in [2.45, 2.75) is 33.7 Å². The third kappa shape index (κ3) is 3.39. The summed E-state index contributed by atoms with van der Waals surface area (Å²) < 4.78 is 2.77. The molecule has 0 saturated heterocycles. The second-order valence-corrected chi connectivity index (χ2v) is 5.35. The number of aryl methyl sites for hydroxylation is 2. The summed E-state index contributed by atoms with van der Waals surface area (Å²) in [5, 5.41) is 7.79. The molecule has 6 heteroatoms. The zero-order valence-electron chi connectivity index (χ0n) is 11.4. The van der Waals surface area contributed by atoms with Crippen molar-refractivity contribution in [2.24, 2.45) is 0 Å². The van der Waals surface area contributed by atoms with Crippen molar-refractivity contribution in [3.63, 3.8) is 0 Å². The van der Waals surface area contributed by atoms with Crippen molar-refractivity contribution >= 4 is 15.9 Å². The third-order valence-electron chi connectivity index (χ3n) is 2.73. The molecule has 102 valence electrons. The largest absolute Gasteiger partial charge is 0.313 e. The van der Waals surface area contributed by atoms with Gasteiger partial charge in [-0.1, -0.05) is 6.92 Å². The average Bonchev–Trinajstić information content (AvgIpc) is 2.69. The Morgan fingerprint density at radius 3 is 2.79 bits per heavy atom. The summed E-state index contributed by atoms with van der Waals surface area (Å²) in [6.45, 7) is 7.73. The molecule has 0 aliphatic carbocycles. The number of pyridine rings is 1. The Balaban J connectivity index is 2.36. The van der Waals surface area contributed by atoms with Gasteiger partial charge in [0.2, 0.25) is 0 Å². The minimum atomic E-state index is 0.759. The van der Waals surface area contributed by atoms with E-state index in [2.05, 4.69) is 49.3 Å². The standard InChI is InChI=1S/C13H18BrN5/c1-4-5-15-7-11-6-12(14)8-16-13(11)19-10(3)17-9(2)18-19/h6,8,15H,4-5,7H2,1-3H3. The quantitative estimate of drug-likeness (QED) is 0.859. The Kier molecular flexibility index (Phi) is 4.66. The van der Waals surface area contributed by atoms with Crippen LogP contribution < -0.4 is 5.32 Å². The maximum atomic E-state index is 4.47. The van der Waals surface area contributed by atoms with Crippen molar-refractivity contribution < 1.29 is 0 Å². The van der Waals surface area contributed by atoms with Crippen LogP contribution in [0.1, 0.15) is 30.6 Å². The normalized spacial score (nSPS) is 10.9. The molecule has 0 radical (unpaired) electrons. The van der Waals surface area contributed by atoms with Crippen LogP contribution in [0.4, 0.5) is 0 Å². The van der Waals surface area contributed by atoms with Crippen LogP contribution in [-0.4, -0.2) is 26.3 Å². The van der Waals surface area contributed by atoms with Gasteiger partial charge in [-0.05, 0) is 48.8 Å². The van der Waals surface area contributed by atoms with E-state index in [4.69, 9.17) is 0 Å². The summed E-state index contributed by atoms with van der Waals surface area (Å²) in [5.74, 6) is 2.45. The van der Waals surface area contributed by atoms with Crippen LogP contribution in [-0.2, 0) is 6.54 Å². The summed E-state index contributed by atoms with van der Waals surface area (Å²) >= 11 is 3.47. The molecule has 0 spiro atoms. The molecular formula is C13H18BrN5. The van der Waals surface area contributed by atoms with Crippen molar-refractivity contribution in [1.29, 1.82) is 0 Å². The Bertz CT molecular complexity index is 564. The summed E-state index contributed by atoms with van der Waals surface area (Å²) in [7, 11) is 0. The summed E-state index contributed by atoms with van der Waals surface area (Å²) in [6.07, 6.45) is 2.90. The Morgan fingerprint density at radius 2 is 2.16 bits per heavy atom. The molecule has 19 heavy (non-hydrogen) atoms. The highest BCUT2D eigenvalue weighted by atomic mass is 79.9. The van der Waals surface area contributed by atoms with Gasteiger partial charge in [-0.25, -0.2) is 9.97 Å². The van der Waals surface area contributed by atoms with E-state index in [0.717, 1.165) is 47.0 Å². The molecule has 0 bridgehead atoms. The van der Waals surface area contributed by atoms with Crippen molar-refractivity contribution in [2.75, 3.05) is 6.54 Å². The number of halogens is 1. The zero-order chi connectivity index (χ0) is 13.8. The highest BCUT2D eigenvalue weighted by molar-refractivity contribution is 9.10. The molecular weight excluding hydrogens is 306 g/mol. The minimum Gasteiger partial charge on any atom is -0.313 e. The first-order valence-electron chi connectivity index (χ1n) is 6.37. The Morgan fingerprint density at radius 1 is 1.37 bits per heavy atom. The van der Waals surface area contributed by atoms with Gasteiger partial charge in [0.1, 0.15) is 11.6 Å². The first-order chi connectivity index (χ1) is 9.11. The predicted molar refractivity (Wildman–Crippen MR) is 78.3 cm³/mol. The monoisotopic (exact) mass is 323 g/mol. The molecule has 2 rings (SSSR count). The SMILES string of the molecule is CCCNCc1cc(Br)cnc1-n1nc(C)nc1C. The van der Waals surface area contributed by atoms with E-state index in [1.165, 1.54) is 0 Å². The van der Waals surface area contributed by atoms with E-state index >= 15 is 0 Å². The summed E-state index contributed by atoms with van der Waals surface area (Å²) in [6, 6.07) is 2.07. The van der Waals surface area contributed by atoms with Crippen LogP contribution in [0, 0.1) is 13.8 Å². The molecule has 0 aromatic carbocycles. The topological polar surface area (TPSA) is 55.6 Å². The van der Waals surface area contributed by atoms with E-state index < -0.39 is 0 Å². The lowest BCUT2D eigenvalue weighted by Gasteiger charge is -2.10. The van der Waals surface area contributed by atoms with Crippen LogP contribution in [0.3, 0.4) is 0 Å². The second-order valence-electron chi connectivity index (χ2n) is 4.43. The van der Waals surface area contributed by atoms with Crippen LogP contribution in [0.2, 0.25) is 0 Å². The molecule has 0 amide bonds.